The number of aliphatic hydroxyl groups excluding tert-OH is 1. The van der Waals surface area contributed by atoms with Gasteiger partial charge in [-0.05, 0) is 36.6 Å². The molecule has 0 saturated heterocycles. The Morgan fingerprint density at radius 1 is 1.39 bits per heavy atom. The molecule has 0 heterocycles. The van der Waals surface area contributed by atoms with Gasteiger partial charge in [-0.1, -0.05) is 23.7 Å². The lowest BCUT2D eigenvalue weighted by Crippen LogP contribution is -2.34. The molecule has 1 aliphatic carbocycles. The smallest absolute Gasteiger partial charge is 0.246 e. The first-order valence-electron chi connectivity index (χ1n) is 6.06. The minimum absolute atomic E-state index is 0.0109. The van der Waals surface area contributed by atoms with Crippen LogP contribution >= 0.6 is 11.6 Å². The molecule has 4 heteroatoms. The molecule has 0 atom stereocenters. The third-order valence-corrected chi connectivity index (χ3v) is 3.15. The van der Waals surface area contributed by atoms with Crippen LogP contribution < -0.4 is 0 Å². The number of benzene rings is 1. The zero-order valence-electron chi connectivity index (χ0n) is 10.1. The average molecular weight is 266 g/mol. The van der Waals surface area contributed by atoms with Crippen molar-refractivity contribution in [1.29, 1.82) is 0 Å². The molecule has 1 saturated carbocycles. The molecular weight excluding hydrogens is 250 g/mol. The number of halogens is 1. The van der Waals surface area contributed by atoms with Gasteiger partial charge >= 0.3 is 0 Å². The van der Waals surface area contributed by atoms with Crippen molar-refractivity contribution in [2.24, 2.45) is 0 Å². The predicted molar refractivity (Wildman–Crippen MR) is 72.3 cm³/mol. The molecule has 0 unspecified atom stereocenters. The van der Waals surface area contributed by atoms with E-state index in [0.29, 0.717) is 17.6 Å². The molecular formula is C14H16ClNO2. The third kappa shape index (κ3) is 3.59. The third-order valence-electron chi connectivity index (χ3n) is 2.90. The monoisotopic (exact) mass is 265 g/mol. The van der Waals surface area contributed by atoms with Crippen molar-refractivity contribution in [2.75, 3.05) is 13.2 Å². The summed E-state index contributed by atoms with van der Waals surface area (Å²) in [6.07, 6.45) is 5.41. The van der Waals surface area contributed by atoms with E-state index in [2.05, 4.69) is 0 Å². The van der Waals surface area contributed by atoms with E-state index < -0.39 is 0 Å². The molecule has 96 valence electrons. The molecule has 1 aromatic rings. The van der Waals surface area contributed by atoms with Gasteiger partial charge in [-0.3, -0.25) is 4.79 Å². The fourth-order valence-corrected chi connectivity index (χ4v) is 1.93. The first-order valence-corrected chi connectivity index (χ1v) is 6.43. The van der Waals surface area contributed by atoms with Gasteiger partial charge in [0, 0.05) is 23.7 Å². The lowest BCUT2D eigenvalue weighted by Gasteiger charge is -2.19. The van der Waals surface area contributed by atoms with Gasteiger partial charge in [0.15, 0.2) is 0 Å². The van der Waals surface area contributed by atoms with Crippen molar-refractivity contribution in [3.8, 4) is 0 Å². The zero-order valence-corrected chi connectivity index (χ0v) is 10.8. The van der Waals surface area contributed by atoms with Crippen LogP contribution in [0.25, 0.3) is 6.08 Å². The van der Waals surface area contributed by atoms with E-state index in [0.717, 1.165) is 18.4 Å². The van der Waals surface area contributed by atoms with Crippen molar-refractivity contribution in [3.05, 3.63) is 40.9 Å². The number of nitrogens with zero attached hydrogens (tertiary/aromatic N) is 1. The molecule has 1 aliphatic rings. The Bertz CT molecular complexity index is 438. The molecule has 2 rings (SSSR count). The van der Waals surface area contributed by atoms with Crippen LogP contribution in [-0.4, -0.2) is 35.1 Å². The van der Waals surface area contributed by atoms with E-state index >= 15 is 0 Å². The fourth-order valence-electron chi connectivity index (χ4n) is 1.80. The van der Waals surface area contributed by atoms with Gasteiger partial charge in [0.05, 0.1) is 6.61 Å². The van der Waals surface area contributed by atoms with E-state index in [9.17, 15) is 4.79 Å². The summed E-state index contributed by atoms with van der Waals surface area (Å²) in [5.41, 5.74) is 0.937. The lowest BCUT2D eigenvalue weighted by molar-refractivity contribution is -0.127. The molecule has 1 fully saturated rings. The number of carbonyl (C=O) groups is 1. The molecule has 0 spiro atoms. The molecule has 1 N–H and O–H groups in total. The van der Waals surface area contributed by atoms with Gasteiger partial charge in [-0.15, -0.1) is 0 Å². The van der Waals surface area contributed by atoms with E-state index in [4.69, 9.17) is 16.7 Å². The summed E-state index contributed by atoms with van der Waals surface area (Å²) in [5, 5.41) is 9.62. The van der Waals surface area contributed by atoms with Crippen LogP contribution in [0.3, 0.4) is 0 Å². The number of amides is 1. The second kappa shape index (κ2) is 6.03. The topological polar surface area (TPSA) is 40.5 Å². The summed E-state index contributed by atoms with van der Waals surface area (Å²) < 4.78 is 0. The second-order valence-electron chi connectivity index (χ2n) is 4.37. The highest BCUT2D eigenvalue weighted by Crippen LogP contribution is 2.26. The molecule has 0 radical (unpaired) electrons. The molecule has 1 aromatic carbocycles. The van der Waals surface area contributed by atoms with Crippen molar-refractivity contribution in [3.63, 3.8) is 0 Å². The summed E-state index contributed by atoms with van der Waals surface area (Å²) in [6, 6.07) is 7.62. The normalized spacial score (nSPS) is 15.0. The molecule has 18 heavy (non-hydrogen) atoms. The highest BCUT2D eigenvalue weighted by Gasteiger charge is 2.30. The highest BCUT2D eigenvalue weighted by atomic mass is 35.5. The highest BCUT2D eigenvalue weighted by molar-refractivity contribution is 6.30. The lowest BCUT2D eigenvalue weighted by atomic mass is 10.2. The molecule has 3 nitrogen and oxygen atoms in total. The largest absolute Gasteiger partial charge is 0.395 e. The Morgan fingerprint density at radius 3 is 2.61 bits per heavy atom. The predicted octanol–water partition coefficient (Wildman–Crippen LogP) is 2.34. The van der Waals surface area contributed by atoms with Gasteiger partial charge in [-0.25, -0.2) is 0 Å². The van der Waals surface area contributed by atoms with Crippen molar-refractivity contribution < 1.29 is 9.90 Å². The summed E-state index contributed by atoms with van der Waals surface area (Å²) in [6.45, 7) is 0.422. The molecule has 0 bridgehead atoms. The maximum absolute atomic E-state index is 12.0. The minimum atomic E-state index is -0.0403. The Morgan fingerprint density at radius 2 is 2.06 bits per heavy atom. The van der Waals surface area contributed by atoms with Crippen molar-refractivity contribution in [1.82, 2.24) is 4.90 Å². The van der Waals surface area contributed by atoms with Crippen molar-refractivity contribution >= 4 is 23.6 Å². The van der Waals surface area contributed by atoms with Crippen LogP contribution in [0.5, 0.6) is 0 Å². The Balaban J connectivity index is 1.98. The van der Waals surface area contributed by atoms with Crippen LogP contribution in [0.1, 0.15) is 18.4 Å². The number of carbonyl (C=O) groups excluding carboxylic acids is 1. The van der Waals surface area contributed by atoms with Crippen LogP contribution in [0, 0.1) is 0 Å². The maximum Gasteiger partial charge on any atom is 0.246 e. The van der Waals surface area contributed by atoms with Gasteiger partial charge < -0.3 is 10.0 Å². The molecule has 1 amide bonds. The second-order valence-corrected chi connectivity index (χ2v) is 4.81. The van der Waals surface area contributed by atoms with Crippen LogP contribution in [-0.2, 0) is 4.79 Å². The summed E-state index contributed by atoms with van der Waals surface area (Å²) >= 11 is 5.79. The minimum Gasteiger partial charge on any atom is -0.395 e. The maximum atomic E-state index is 12.0. The standard InChI is InChI=1S/C14H16ClNO2/c15-12-4-1-11(2-5-12)3-8-14(18)16(9-10-17)13-6-7-13/h1-5,8,13,17H,6-7,9-10H2/b8-3+. The molecule has 0 aromatic heterocycles. The van der Waals surface area contributed by atoms with Crippen LogP contribution in [0.2, 0.25) is 5.02 Å². The zero-order chi connectivity index (χ0) is 13.0. The number of hydrogen-bond acceptors (Lipinski definition) is 2. The van der Waals surface area contributed by atoms with Crippen molar-refractivity contribution in [2.45, 2.75) is 18.9 Å². The summed E-state index contributed by atoms with van der Waals surface area (Å²) in [7, 11) is 0. The van der Waals surface area contributed by atoms with Gasteiger partial charge in [0.25, 0.3) is 0 Å². The van der Waals surface area contributed by atoms with Gasteiger partial charge in [0.1, 0.15) is 0 Å². The molecule has 0 aliphatic heterocycles. The Hall–Kier alpha value is -1.32. The van der Waals surface area contributed by atoms with Gasteiger partial charge in [0.2, 0.25) is 5.91 Å². The number of hydrogen-bond donors (Lipinski definition) is 1. The number of rotatable bonds is 5. The first-order chi connectivity index (χ1) is 8.70. The van der Waals surface area contributed by atoms with Crippen LogP contribution in [0.4, 0.5) is 0 Å². The summed E-state index contributed by atoms with van der Waals surface area (Å²) in [5.74, 6) is -0.0403. The van der Waals surface area contributed by atoms with Gasteiger partial charge in [-0.2, -0.15) is 0 Å². The number of aliphatic hydroxyl groups is 1. The quantitative estimate of drug-likeness (QED) is 0.830. The Kier molecular flexibility index (Phi) is 4.39. The SMILES string of the molecule is O=C(/C=C/c1ccc(Cl)cc1)N(CCO)C1CC1. The average Bonchev–Trinajstić information content (AvgIpc) is 3.19. The fraction of sp³-hybridized carbons (Fsp3) is 0.357. The van der Waals surface area contributed by atoms with E-state index in [1.54, 1.807) is 29.2 Å². The van der Waals surface area contributed by atoms with E-state index in [-0.39, 0.29) is 12.5 Å². The first kappa shape index (κ1) is 13.1. The van der Waals surface area contributed by atoms with Crippen LogP contribution in [0.15, 0.2) is 30.3 Å². The van der Waals surface area contributed by atoms with E-state index in [1.165, 1.54) is 0 Å². The Labute approximate surface area is 112 Å². The van der Waals surface area contributed by atoms with E-state index in [1.807, 2.05) is 12.1 Å². The summed E-state index contributed by atoms with van der Waals surface area (Å²) in [4.78, 5) is 13.7.